The summed E-state index contributed by atoms with van der Waals surface area (Å²) >= 11 is 0. The van der Waals surface area contributed by atoms with Crippen molar-refractivity contribution in [2.45, 2.75) is 51.7 Å². The van der Waals surface area contributed by atoms with Crippen molar-refractivity contribution in [2.24, 2.45) is 5.92 Å². The van der Waals surface area contributed by atoms with Gasteiger partial charge in [-0.05, 0) is 32.4 Å². The number of likely N-dealkylation sites (N-methyl/N-ethyl adjacent to an activating group) is 1. The van der Waals surface area contributed by atoms with Crippen molar-refractivity contribution in [2.75, 3.05) is 13.6 Å². The molecule has 100 valence electrons. The average molecular weight is 249 g/mol. The summed E-state index contributed by atoms with van der Waals surface area (Å²) in [4.78, 5) is 2.51. The van der Waals surface area contributed by atoms with E-state index in [-0.39, 0.29) is 0 Å². The van der Waals surface area contributed by atoms with Crippen LogP contribution >= 0.6 is 0 Å². The van der Waals surface area contributed by atoms with Gasteiger partial charge in [-0.15, -0.1) is 0 Å². The molecular formula is C14H23N3O. The highest BCUT2D eigenvalue weighted by Crippen LogP contribution is 2.43. The van der Waals surface area contributed by atoms with E-state index in [0.717, 1.165) is 31.0 Å². The van der Waals surface area contributed by atoms with Crippen LogP contribution in [-0.2, 0) is 13.0 Å². The minimum absolute atomic E-state index is 0.542. The first-order chi connectivity index (χ1) is 8.66. The molecule has 3 heterocycles. The second-order valence-electron chi connectivity index (χ2n) is 6.11. The van der Waals surface area contributed by atoms with Gasteiger partial charge in [0.2, 0.25) is 0 Å². The average Bonchev–Trinajstić information content (AvgIpc) is 2.81. The Morgan fingerprint density at radius 1 is 1.44 bits per heavy atom. The Bertz CT molecular complexity index is 427. The summed E-state index contributed by atoms with van der Waals surface area (Å²) < 4.78 is 5.56. The number of hydrogen-bond acceptors (Lipinski definition) is 4. The van der Waals surface area contributed by atoms with E-state index in [0.29, 0.717) is 18.0 Å². The van der Waals surface area contributed by atoms with Crippen LogP contribution in [0.4, 0.5) is 0 Å². The number of rotatable bonds is 4. The van der Waals surface area contributed by atoms with E-state index in [1.54, 1.807) is 0 Å². The summed E-state index contributed by atoms with van der Waals surface area (Å²) in [5, 5.41) is 7.75. The molecule has 1 aromatic heterocycles. The van der Waals surface area contributed by atoms with Crippen LogP contribution in [0, 0.1) is 5.92 Å². The SMILES string of the molecule is CC(C)CNCc1noc2c1C1CCC(C2)N1C. The molecule has 0 saturated carbocycles. The summed E-state index contributed by atoms with van der Waals surface area (Å²) in [5.41, 5.74) is 2.50. The summed E-state index contributed by atoms with van der Waals surface area (Å²) in [6, 6.07) is 1.22. The third kappa shape index (κ3) is 1.97. The van der Waals surface area contributed by atoms with Crippen LogP contribution in [0.25, 0.3) is 0 Å². The normalized spacial score (nSPS) is 26.9. The molecule has 4 nitrogen and oxygen atoms in total. The first-order valence-corrected chi connectivity index (χ1v) is 7.06. The molecule has 0 radical (unpaired) electrons. The maximum absolute atomic E-state index is 5.56. The summed E-state index contributed by atoms with van der Waals surface area (Å²) in [5.74, 6) is 1.81. The Morgan fingerprint density at radius 2 is 2.28 bits per heavy atom. The van der Waals surface area contributed by atoms with Gasteiger partial charge in [0.1, 0.15) is 11.5 Å². The third-order valence-electron chi connectivity index (χ3n) is 4.32. The van der Waals surface area contributed by atoms with E-state index in [4.69, 9.17) is 4.52 Å². The Hall–Kier alpha value is -0.870. The summed E-state index contributed by atoms with van der Waals surface area (Å²) in [7, 11) is 2.24. The fourth-order valence-electron chi connectivity index (χ4n) is 3.32. The lowest BCUT2D eigenvalue weighted by Crippen LogP contribution is -2.34. The molecule has 1 saturated heterocycles. The van der Waals surface area contributed by atoms with Gasteiger partial charge in [0.15, 0.2) is 0 Å². The van der Waals surface area contributed by atoms with Gasteiger partial charge in [-0.25, -0.2) is 0 Å². The minimum Gasteiger partial charge on any atom is -0.361 e. The second kappa shape index (κ2) is 4.67. The van der Waals surface area contributed by atoms with Crippen LogP contribution in [0.2, 0.25) is 0 Å². The lowest BCUT2D eigenvalue weighted by molar-refractivity contribution is 0.206. The second-order valence-corrected chi connectivity index (χ2v) is 6.11. The van der Waals surface area contributed by atoms with Crippen LogP contribution < -0.4 is 5.32 Å². The quantitative estimate of drug-likeness (QED) is 0.887. The Labute approximate surface area is 109 Å². The minimum atomic E-state index is 0.542. The molecule has 2 aliphatic rings. The van der Waals surface area contributed by atoms with E-state index >= 15 is 0 Å². The monoisotopic (exact) mass is 249 g/mol. The molecule has 0 amide bonds. The molecule has 0 aliphatic carbocycles. The molecule has 0 spiro atoms. The molecule has 1 N–H and O–H groups in total. The Kier molecular flexibility index (Phi) is 3.16. The van der Waals surface area contributed by atoms with E-state index in [1.807, 2.05) is 0 Å². The summed E-state index contributed by atoms with van der Waals surface area (Å²) in [6.45, 7) is 6.32. The lowest BCUT2D eigenvalue weighted by atomic mass is 9.98. The highest BCUT2D eigenvalue weighted by molar-refractivity contribution is 5.32. The van der Waals surface area contributed by atoms with Crippen LogP contribution in [0.5, 0.6) is 0 Å². The van der Waals surface area contributed by atoms with Crippen molar-refractivity contribution in [3.63, 3.8) is 0 Å². The predicted octanol–water partition coefficient (Wildman–Crippen LogP) is 2.11. The van der Waals surface area contributed by atoms with Gasteiger partial charge in [0, 0.05) is 30.6 Å². The van der Waals surface area contributed by atoms with Crippen molar-refractivity contribution < 1.29 is 4.52 Å². The highest BCUT2D eigenvalue weighted by Gasteiger charge is 2.41. The van der Waals surface area contributed by atoms with E-state index in [1.165, 1.54) is 18.4 Å². The Balaban J connectivity index is 1.76. The zero-order valence-corrected chi connectivity index (χ0v) is 11.6. The fourth-order valence-corrected chi connectivity index (χ4v) is 3.32. The Morgan fingerprint density at radius 3 is 3.06 bits per heavy atom. The largest absolute Gasteiger partial charge is 0.361 e. The van der Waals surface area contributed by atoms with Gasteiger partial charge in [-0.2, -0.15) is 0 Å². The zero-order valence-electron chi connectivity index (χ0n) is 11.6. The van der Waals surface area contributed by atoms with Crippen LogP contribution in [0.15, 0.2) is 4.52 Å². The van der Waals surface area contributed by atoms with Crippen LogP contribution in [-0.4, -0.2) is 29.7 Å². The van der Waals surface area contributed by atoms with Gasteiger partial charge in [0.05, 0.1) is 0 Å². The smallest absolute Gasteiger partial charge is 0.143 e. The summed E-state index contributed by atoms with van der Waals surface area (Å²) in [6.07, 6.45) is 3.59. The molecule has 1 aromatic rings. The fraction of sp³-hybridized carbons (Fsp3) is 0.786. The topological polar surface area (TPSA) is 41.3 Å². The van der Waals surface area contributed by atoms with Gasteiger partial charge in [0.25, 0.3) is 0 Å². The standard InChI is InChI=1S/C14H23N3O/c1-9(2)7-15-8-11-14-12-5-4-10(17(12)3)6-13(14)18-16-11/h9-10,12,15H,4-8H2,1-3H3. The van der Waals surface area contributed by atoms with Gasteiger partial charge >= 0.3 is 0 Å². The van der Waals surface area contributed by atoms with Crippen molar-refractivity contribution in [1.82, 2.24) is 15.4 Å². The van der Waals surface area contributed by atoms with E-state index in [2.05, 4.69) is 36.3 Å². The molecule has 1 fully saturated rings. The molecule has 0 aromatic carbocycles. The van der Waals surface area contributed by atoms with Crippen molar-refractivity contribution >= 4 is 0 Å². The van der Waals surface area contributed by atoms with Gasteiger partial charge < -0.3 is 9.84 Å². The molecule has 2 aliphatic heterocycles. The maximum Gasteiger partial charge on any atom is 0.143 e. The third-order valence-corrected chi connectivity index (χ3v) is 4.32. The number of hydrogen-bond donors (Lipinski definition) is 1. The van der Waals surface area contributed by atoms with Gasteiger partial charge in [-0.1, -0.05) is 19.0 Å². The molecule has 18 heavy (non-hydrogen) atoms. The first kappa shape index (κ1) is 12.2. The highest BCUT2D eigenvalue weighted by atomic mass is 16.5. The molecule has 2 unspecified atom stereocenters. The number of nitrogens with one attached hydrogen (secondary N) is 1. The predicted molar refractivity (Wildman–Crippen MR) is 70.3 cm³/mol. The maximum atomic E-state index is 5.56. The van der Waals surface area contributed by atoms with Crippen molar-refractivity contribution in [3.05, 3.63) is 17.0 Å². The van der Waals surface area contributed by atoms with E-state index in [9.17, 15) is 0 Å². The van der Waals surface area contributed by atoms with Crippen molar-refractivity contribution in [1.29, 1.82) is 0 Å². The number of fused-ring (bicyclic) bond motifs is 4. The first-order valence-electron chi connectivity index (χ1n) is 7.06. The van der Waals surface area contributed by atoms with Crippen LogP contribution in [0.3, 0.4) is 0 Å². The van der Waals surface area contributed by atoms with Crippen LogP contribution in [0.1, 0.15) is 49.7 Å². The molecule has 2 atom stereocenters. The lowest BCUT2D eigenvalue weighted by Gasteiger charge is -2.30. The van der Waals surface area contributed by atoms with Crippen molar-refractivity contribution in [3.8, 4) is 0 Å². The van der Waals surface area contributed by atoms with E-state index < -0.39 is 0 Å². The zero-order chi connectivity index (χ0) is 12.7. The molecule has 2 bridgehead atoms. The number of aromatic nitrogens is 1. The molecular weight excluding hydrogens is 226 g/mol. The van der Waals surface area contributed by atoms with Gasteiger partial charge in [-0.3, -0.25) is 4.90 Å². The number of nitrogens with zero attached hydrogens (tertiary/aromatic N) is 2. The molecule has 3 rings (SSSR count). The molecule has 4 heteroatoms.